The van der Waals surface area contributed by atoms with Gasteiger partial charge in [-0.1, -0.05) is 132 Å². The lowest BCUT2D eigenvalue weighted by Gasteiger charge is -2.15. The first kappa shape index (κ1) is 22.9. The zero-order valence-electron chi connectivity index (χ0n) is 15.3. The topological polar surface area (TPSA) is 38.7 Å². The van der Waals surface area contributed by atoms with Crippen molar-refractivity contribution in [3.8, 4) is 22.5 Å². The largest absolute Gasteiger partial charge is 0.250 e. The molecule has 0 radical (unpaired) electrons. The van der Waals surface area contributed by atoms with Crippen LogP contribution in [0.15, 0.2) is 48.5 Å². The molecule has 0 saturated carbocycles. The number of hydrogen-bond acceptors (Lipinski definition) is 3. The van der Waals surface area contributed by atoms with Gasteiger partial charge in [-0.15, -0.1) is 0 Å². The van der Waals surface area contributed by atoms with Crippen molar-refractivity contribution in [2.45, 2.75) is 27.4 Å². The first-order chi connectivity index (χ1) is 13.4. The summed E-state index contributed by atoms with van der Waals surface area (Å²) >= 11 is 35.6. The summed E-state index contributed by atoms with van der Waals surface area (Å²) in [5.41, 5.74) is 4.09. The van der Waals surface area contributed by atoms with Crippen LogP contribution in [0.4, 0.5) is 0 Å². The molecule has 0 atom stereocenters. The number of benzene rings is 2. The third-order valence-corrected chi connectivity index (χ3v) is 5.21. The summed E-state index contributed by atoms with van der Waals surface area (Å²) in [6, 6.07) is 16.0. The highest BCUT2D eigenvalue weighted by molar-refractivity contribution is 6.67. The lowest BCUT2D eigenvalue weighted by molar-refractivity contribution is 0.851. The molecule has 0 aliphatic rings. The Kier molecular flexibility index (Phi) is 6.89. The molecule has 9 heteroatoms. The first-order valence-electron chi connectivity index (χ1n) is 8.56. The molecule has 0 saturated heterocycles. The van der Waals surface area contributed by atoms with Crippen molar-refractivity contribution in [2.75, 3.05) is 0 Å². The normalized spacial score (nSPS) is 12.4. The smallest absolute Gasteiger partial charge is 0.209 e. The van der Waals surface area contributed by atoms with Crippen LogP contribution in [0.3, 0.4) is 0 Å². The lowest BCUT2D eigenvalue weighted by Crippen LogP contribution is -2.16. The molecule has 0 unspecified atom stereocenters. The molecule has 1 heterocycles. The predicted octanol–water partition coefficient (Wildman–Crippen LogP) is 7.98. The maximum Gasteiger partial charge on any atom is 0.250 e. The standard InChI is InChI=1S/C20H15Cl6N3/c1-11(2)12-3-5-13(6-4-12)14-7-9-15(10-8-14)16-27-17(19(21,22)23)29-18(28-16)20(24,25)26/h3-11H,1-2H3. The molecule has 0 amide bonds. The summed E-state index contributed by atoms with van der Waals surface area (Å²) in [4.78, 5) is 12.4. The Morgan fingerprint density at radius 3 is 1.34 bits per heavy atom. The van der Waals surface area contributed by atoms with Gasteiger partial charge < -0.3 is 0 Å². The third-order valence-electron chi connectivity index (χ3n) is 4.20. The molecule has 1 aromatic heterocycles. The maximum absolute atomic E-state index is 5.93. The van der Waals surface area contributed by atoms with Gasteiger partial charge in [-0.2, -0.15) is 0 Å². The summed E-state index contributed by atoms with van der Waals surface area (Å²) in [6.07, 6.45) is 0. The van der Waals surface area contributed by atoms with E-state index in [1.807, 2.05) is 24.3 Å². The monoisotopic (exact) mass is 507 g/mol. The van der Waals surface area contributed by atoms with Crippen molar-refractivity contribution in [3.05, 3.63) is 65.7 Å². The molecule has 3 nitrogen and oxygen atoms in total. The van der Waals surface area contributed by atoms with Crippen LogP contribution >= 0.6 is 69.6 Å². The van der Waals surface area contributed by atoms with Crippen LogP contribution in [0.1, 0.15) is 37.0 Å². The van der Waals surface area contributed by atoms with Gasteiger partial charge in [-0.25, -0.2) is 15.0 Å². The maximum atomic E-state index is 5.93. The van der Waals surface area contributed by atoms with Crippen LogP contribution in [0.2, 0.25) is 0 Å². The lowest BCUT2D eigenvalue weighted by atomic mass is 9.98. The SMILES string of the molecule is CC(C)c1ccc(-c2ccc(-c3nc(C(Cl)(Cl)Cl)nc(C(Cl)(Cl)Cl)n3)cc2)cc1. The van der Waals surface area contributed by atoms with Gasteiger partial charge in [-0.05, 0) is 22.6 Å². The number of halogens is 6. The van der Waals surface area contributed by atoms with Crippen molar-refractivity contribution in [1.82, 2.24) is 15.0 Å². The van der Waals surface area contributed by atoms with Gasteiger partial charge in [-0.3, -0.25) is 0 Å². The molecule has 152 valence electrons. The van der Waals surface area contributed by atoms with Gasteiger partial charge in [0.05, 0.1) is 0 Å². The summed E-state index contributed by atoms with van der Waals surface area (Å²) < 4.78 is -3.78. The Bertz CT molecular complexity index is 958. The van der Waals surface area contributed by atoms with E-state index in [1.54, 1.807) is 0 Å². The molecular formula is C20H15Cl6N3. The van der Waals surface area contributed by atoms with Gasteiger partial charge in [0.25, 0.3) is 0 Å². The first-order valence-corrected chi connectivity index (χ1v) is 10.8. The summed E-state index contributed by atoms with van der Waals surface area (Å²) in [7, 11) is 0. The minimum absolute atomic E-state index is 0.123. The highest BCUT2D eigenvalue weighted by Crippen LogP contribution is 2.40. The molecule has 29 heavy (non-hydrogen) atoms. The fraction of sp³-hybridized carbons (Fsp3) is 0.250. The molecule has 3 rings (SSSR count). The van der Waals surface area contributed by atoms with Gasteiger partial charge in [0.15, 0.2) is 17.5 Å². The molecule has 3 aromatic rings. The highest BCUT2D eigenvalue weighted by atomic mass is 35.6. The predicted molar refractivity (Wildman–Crippen MR) is 123 cm³/mol. The molecule has 2 aromatic carbocycles. The Labute approximate surface area is 199 Å². The van der Waals surface area contributed by atoms with E-state index in [2.05, 4.69) is 53.1 Å². The van der Waals surface area contributed by atoms with E-state index in [1.165, 1.54) is 5.56 Å². The second-order valence-corrected chi connectivity index (χ2v) is 11.2. The average molecular weight is 510 g/mol. The number of nitrogens with zero attached hydrogens (tertiary/aromatic N) is 3. The van der Waals surface area contributed by atoms with Crippen molar-refractivity contribution in [3.63, 3.8) is 0 Å². The minimum Gasteiger partial charge on any atom is -0.209 e. The Morgan fingerprint density at radius 2 is 0.966 bits per heavy atom. The van der Waals surface area contributed by atoms with E-state index in [4.69, 9.17) is 69.6 Å². The van der Waals surface area contributed by atoms with E-state index in [-0.39, 0.29) is 17.5 Å². The second kappa shape index (κ2) is 8.74. The van der Waals surface area contributed by atoms with Gasteiger partial charge in [0.1, 0.15) is 0 Å². The Hall–Kier alpha value is -0.810. The summed E-state index contributed by atoms with van der Waals surface area (Å²) in [6.45, 7) is 4.32. The Morgan fingerprint density at radius 1 is 0.586 bits per heavy atom. The van der Waals surface area contributed by atoms with Crippen molar-refractivity contribution < 1.29 is 0 Å². The zero-order valence-corrected chi connectivity index (χ0v) is 19.8. The van der Waals surface area contributed by atoms with Crippen molar-refractivity contribution >= 4 is 69.6 Å². The molecule has 0 aliphatic carbocycles. The van der Waals surface area contributed by atoms with Crippen LogP contribution < -0.4 is 0 Å². The molecular weight excluding hydrogens is 495 g/mol. The van der Waals surface area contributed by atoms with Crippen LogP contribution in [-0.4, -0.2) is 15.0 Å². The zero-order chi connectivity index (χ0) is 21.4. The van der Waals surface area contributed by atoms with Gasteiger partial charge in [0.2, 0.25) is 7.59 Å². The molecule has 0 spiro atoms. The van der Waals surface area contributed by atoms with Crippen LogP contribution in [-0.2, 0) is 7.59 Å². The van der Waals surface area contributed by atoms with E-state index < -0.39 is 7.59 Å². The molecule has 0 bridgehead atoms. The number of aromatic nitrogens is 3. The summed E-state index contributed by atoms with van der Waals surface area (Å²) in [5.74, 6) is 0.475. The molecule has 0 fully saturated rings. The van der Waals surface area contributed by atoms with Crippen LogP contribution in [0.5, 0.6) is 0 Å². The van der Waals surface area contributed by atoms with E-state index in [9.17, 15) is 0 Å². The van der Waals surface area contributed by atoms with E-state index in [0.717, 1.165) is 11.1 Å². The van der Waals surface area contributed by atoms with E-state index in [0.29, 0.717) is 11.5 Å². The quantitative estimate of drug-likeness (QED) is 0.336. The van der Waals surface area contributed by atoms with Crippen LogP contribution in [0.25, 0.3) is 22.5 Å². The average Bonchev–Trinajstić information content (AvgIpc) is 2.66. The number of alkyl halides is 6. The van der Waals surface area contributed by atoms with Crippen molar-refractivity contribution in [2.24, 2.45) is 0 Å². The fourth-order valence-corrected chi connectivity index (χ4v) is 3.14. The summed E-state index contributed by atoms with van der Waals surface area (Å²) in [5, 5.41) is 0. The van der Waals surface area contributed by atoms with Crippen molar-refractivity contribution in [1.29, 1.82) is 0 Å². The van der Waals surface area contributed by atoms with Crippen LogP contribution in [0, 0.1) is 0 Å². The third kappa shape index (κ3) is 5.66. The number of rotatable bonds is 3. The van der Waals surface area contributed by atoms with E-state index >= 15 is 0 Å². The highest BCUT2D eigenvalue weighted by Gasteiger charge is 2.34. The van der Waals surface area contributed by atoms with Gasteiger partial charge >= 0.3 is 0 Å². The fourth-order valence-electron chi connectivity index (χ4n) is 2.63. The molecule has 0 N–H and O–H groups in total. The second-order valence-electron chi connectivity index (χ2n) is 6.66. The Balaban J connectivity index is 1.99. The van der Waals surface area contributed by atoms with Gasteiger partial charge in [0, 0.05) is 5.56 Å². The molecule has 0 aliphatic heterocycles. The minimum atomic E-state index is -1.89. The number of hydrogen-bond donors (Lipinski definition) is 0.